The van der Waals surface area contributed by atoms with Crippen molar-refractivity contribution in [3.63, 3.8) is 0 Å². The molecule has 0 aliphatic rings. The number of unbranched alkanes of at least 4 members (excludes halogenated alkanes) is 2. The molecule has 0 bridgehead atoms. The van der Waals surface area contributed by atoms with E-state index in [1.807, 2.05) is 6.07 Å². The molecule has 0 saturated heterocycles. The number of nitrogens with zero attached hydrogens (tertiary/aromatic N) is 1. The number of nitrogens with two attached hydrogens (primary N) is 1. The van der Waals surface area contributed by atoms with Crippen molar-refractivity contribution in [2.24, 2.45) is 0 Å². The second-order valence-electron chi connectivity index (χ2n) is 3.75. The summed E-state index contributed by atoms with van der Waals surface area (Å²) in [5, 5.41) is 8.30. The Hall–Kier alpha value is -1.68. The first-order chi connectivity index (χ1) is 8.38. The molecule has 1 aromatic rings. The van der Waals surface area contributed by atoms with Gasteiger partial charge in [0.2, 0.25) is 0 Å². The van der Waals surface area contributed by atoms with E-state index < -0.39 is 32.1 Å². The number of nitriles is 1. The molecule has 0 aromatic heterocycles. The van der Waals surface area contributed by atoms with Crippen molar-refractivity contribution in [3.05, 3.63) is 23.8 Å². The van der Waals surface area contributed by atoms with Crippen LogP contribution in [-0.4, -0.2) is 14.2 Å². The van der Waals surface area contributed by atoms with Gasteiger partial charge in [-0.2, -0.15) is 5.26 Å². The van der Waals surface area contributed by atoms with Gasteiger partial charge < -0.3 is 5.73 Å². The van der Waals surface area contributed by atoms with Crippen LogP contribution in [0, 0.1) is 23.0 Å². The molecule has 0 radical (unpaired) electrons. The Kier molecular flexibility index (Phi) is 4.62. The first kappa shape index (κ1) is 14.4. The van der Waals surface area contributed by atoms with Gasteiger partial charge in [-0.25, -0.2) is 17.2 Å². The van der Waals surface area contributed by atoms with Crippen LogP contribution in [0.5, 0.6) is 0 Å². The summed E-state index contributed by atoms with van der Waals surface area (Å²) in [4.78, 5) is -0.950. The van der Waals surface area contributed by atoms with E-state index in [0.29, 0.717) is 6.42 Å². The van der Waals surface area contributed by atoms with Gasteiger partial charge in [0.1, 0.15) is 16.5 Å². The average Bonchev–Trinajstić information content (AvgIpc) is 2.22. The smallest absolute Gasteiger partial charge is 0.184 e. The molecular weight excluding hydrogens is 262 g/mol. The van der Waals surface area contributed by atoms with Gasteiger partial charge in [0.15, 0.2) is 9.84 Å². The van der Waals surface area contributed by atoms with Gasteiger partial charge in [-0.15, -0.1) is 0 Å². The predicted octanol–water partition coefficient (Wildman–Crippen LogP) is 2.01. The molecule has 4 nitrogen and oxygen atoms in total. The molecule has 0 fully saturated rings. The number of anilines is 1. The Balaban J connectivity index is 2.96. The lowest BCUT2D eigenvalue weighted by molar-refractivity contribution is 0.519. The molecule has 0 aliphatic heterocycles. The molecule has 0 aliphatic carbocycles. The summed E-state index contributed by atoms with van der Waals surface area (Å²) in [5.74, 6) is -2.77. The Labute approximate surface area is 104 Å². The van der Waals surface area contributed by atoms with Crippen molar-refractivity contribution >= 4 is 15.5 Å². The van der Waals surface area contributed by atoms with E-state index >= 15 is 0 Å². The van der Waals surface area contributed by atoms with Crippen LogP contribution in [0.2, 0.25) is 0 Å². The first-order valence-electron chi connectivity index (χ1n) is 5.22. The fourth-order valence-corrected chi connectivity index (χ4v) is 2.98. The summed E-state index contributed by atoms with van der Waals surface area (Å²) in [6, 6.07) is 3.40. The largest absolute Gasteiger partial charge is 0.399 e. The molecule has 0 atom stereocenters. The van der Waals surface area contributed by atoms with Gasteiger partial charge in [-0.1, -0.05) is 0 Å². The van der Waals surface area contributed by atoms with Crippen LogP contribution in [0.1, 0.15) is 19.3 Å². The van der Waals surface area contributed by atoms with Gasteiger partial charge in [-0.05, 0) is 25.0 Å². The summed E-state index contributed by atoms with van der Waals surface area (Å²) in [7, 11) is -4.03. The van der Waals surface area contributed by atoms with E-state index in [2.05, 4.69) is 0 Å². The Bertz CT molecular complexity index is 556. The number of rotatable bonds is 5. The van der Waals surface area contributed by atoms with E-state index in [4.69, 9.17) is 11.0 Å². The third kappa shape index (κ3) is 3.40. The van der Waals surface area contributed by atoms with Crippen molar-refractivity contribution in [1.29, 1.82) is 5.26 Å². The summed E-state index contributed by atoms with van der Waals surface area (Å²) in [6.07, 6.45) is 0.759. The van der Waals surface area contributed by atoms with E-state index in [9.17, 15) is 17.2 Å². The molecular formula is C11H12F2N2O2S. The number of hydrogen-bond acceptors (Lipinski definition) is 4. The minimum Gasteiger partial charge on any atom is -0.399 e. The molecule has 1 aromatic carbocycles. The zero-order chi connectivity index (χ0) is 13.8. The van der Waals surface area contributed by atoms with Crippen LogP contribution >= 0.6 is 0 Å². The van der Waals surface area contributed by atoms with Crippen molar-refractivity contribution in [2.45, 2.75) is 24.2 Å². The normalized spacial score (nSPS) is 11.2. The fraction of sp³-hybridized carbons (Fsp3) is 0.364. The monoisotopic (exact) mass is 274 g/mol. The van der Waals surface area contributed by atoms with E-state index in [-0.39, 0.29) is 18.5 Å². The minimum absolute atomic E-state index is 0.173. The van der Waals surface area contributed by atoms with Crippen molar-refractivity contribution in [1.82, 2.24) is 0 Å². The highest BCUT2D eigenvalue weighted by Gasteiger charge is 2.24. The standard InChI is InChI=1S/C11H12F2N2O2S/c12-9-6-8(15)7-10(13)11(9)18(16,17)5-3-1-2-4-14/h6-7H,1-3,5,15H2. The predicted molar refractivity (Wildman–Crippen MR) is 62.3 cm³/mol. The Morgan fingerprint density at radius 2 is 1.78 bits per heavy atom. The van der Waals surface area contributed by atoms with Gasteiger partial charge in [0, 0.05) is 12.1 Å². The van der Waals surface area contributed by atoms with Gasteiger partial charge in [0.25, 0.3) is 0 Å². The summed E-state index contributed by atoms with van der Waals surface area (Å²) >= 11 is 0. The average molecular weight is 274 g/mol. The fourth-order valence-electron chi connectivity index (χ4n) is 1.47. The number of sulfone groups is 1. The third-order valence-electron chi connectivity index (χ3n) is 2.28. The maximum Gasteiger partial charge on any atom is 0.184 e. The van der Waals surface area contributed by atoms with E-state index in [1.54, 1.807) is 0 Å². The quantitative estimate of drug-likeness (QED) is 0.657. The summed E-state index contributed by atoms with van der Waals surface area (Å²) < 4.78 is 50.4. The van der Waals surface area contributed by atoms with Crippen molar-refractivity contribution < 1.29 is 17.2 Å². The van der Waals surface area contributed by atoms with Gasteiger partial charge >= 0.3 is 0 Å². The topological polar surface area (TPSA) is 84.0 Å². The molecule has 0 saturated carbocycles. The Morgan fingerprint density at radius 1 is 1.22 bits per heavy atom. The second kappa shape index (κ2) is 5.78. The molecule has 0 heterocycles. The van der Waals surface area contributed by atoms with E-state index in [1.165, 1.54) is 0 Å². The number of hydrogen-bond donors (Lipinski definition) is 1. The van der Waals surface area contributed by atoms with Crippen molar-refractivity contribution in [2.75, 3.05) is 11.5 Å². The van der Waals surface area contributed by atoms with Crippen LogP contribution in [-0.2, 0) is 9.84 Å². The van der Waals surface area contributed by atoms with E-state index in [0.717, 1.165) is 12.1 Å². The lowest BCUT2D eigenvalue weighted by Gasteiger charge is -2.07. The van der Waals surface area contributed by atoms with Crippen LogP contribution in [0.4, 0.5) is 14.5 Å². The first-order valence-corrected chi connectivity index (χ1v) is 6.88. The molecule has 1 rings (SSSR count). The van der Waals surface area contributed by atoms with Gasteiger partial charge in [-0.3, -0.25) is 0 Å². The Morgan fingerprint density at radius 3 is 2.28 bits per heavy atom. The van der Waals surface area contributed by atoms with Crippen LogP contribution in [0.3, 0.4) is 0 Å². The maximum atomic E-state index is 13.4. The maximum absolute atomic E-state index is 13.4. The zero-order valence-corrected chi connectivity index (χ0v) is 10.3. The second-order valence-corrected chi connectivity index (χ2v) is 5.79. The number of halogens is 2. The van der Waals surface area contributed by atoms with Crippen LogP contribution < -0.4 is 5.73 Å². The minimum atomic E-state index is -4.03. The third-order valence-corrected chi connectivity index (χ3v) is 4.12. The highest BCUT2D eigenvalue weighted by Crippen LogP contribution is 2.23. The molecule has 98 valence electrons. The zero-order valence-electron chi connectivity index (χ0n) is 9.49. The van der Waals surface area contributed by atoms with Crippen LogP contribution in [0.15, 0.2) is 17.0 Å². The summed E-state index contributed by atoms with van der Waals surface area (Å²) in [6.45, 7) is 0. The van der Waals surface area contributed by atoms with Gasteiger partial charge in [0.05, 0.1) is 11.8 Å². The van der Waals surface area contributed by atoms with Crippen LogP contribution in [0.25, 0.3) is 0 Å². The molecule has 0 unspecified atom stereocenters. The molecule has 18 heavy (non-hydrogen) atoms. The van der Waals surface area contributed by atoms with Crippen molar-refractivity contribution in [3.8, 4) is 6.07 Å². The highest BCUT2D eigenvalue weighted by atomic mass is 32.2. The number of nitrogen functional groups attached to an aromatic ring is 1. The molecule has 2 N–H and O–H groups in total. The molecule has 0 spiro atoms. The number of benzene rings is 1. The molecule has 0 amide bonds. The SMILES string of the molecule is N#CCCCCS(=O)(=O)c1c(F)cc(N)cc1F. The lowest BCUT2D eigenvalue weighted by atomic mass is 10.3. The highest BCUT2D eigenvalue weighted by molar-refractivity contribution is 7.91. The molecule has 7 heteroatoms. The summed E-state index contributed by atoms with van der Waals surface area (Å²) in [5.41, 5.74) is 5.03. The lowest BCUT2D eigenvalue weighted by Crippen LogP contribution is -2.12.